The number of piperazine rings is 1. The molecule has 31 heavy (non-hydrogen) atoms. The van der Waals surface area contributed by atoms with Gasteiger partial charge in [0.15, 0.2) is 5.54 Å². The second-order valence-electron chi connectivity index (χ2n) is 7.33. The first-order chi connectivity index (χ1) is 15.4. The van der Waals surface area contributed by atoms with Crippen molar-refractivity contribution in [1.82, 2.24) is 25.3 Å². The molecule has 1 aliphatic heterocycles. The summed E-state index contributed by atoms with van der Waals surface area (Å²) in [6.45, 7) is 1.48. The molecule has 1 saturated heterocycles. The summed E-state index contributed by atoms with van der Waals surface area (Å²) in [4.78, 5) is 19.9. The van der Waals surface area contributed by atoms with Gasteiger partial charge < -0.3 is 19.3 Å². The van der Waals surface area contributed by atoms with E-state index in [0.717, 1.165) is 40.4 Å². The molecule has 6 rings (SSSR count). The second-order valence-corrected chi connectivity index (χ2v) is 9.17. The zero-order valence-electron chi connectivity index (χ0n) is 16.5. The van der Waals surface area contributed by atoms with Crippen LogP contribution in [-0.2, 0) is 11.1 Å². The Labute approximate surface area is 186 Å². The van der Waals surface area contributed by atoms with Crippen LogP contribution in [0.5, 0.6) is 0 Å². The summed E-state index contributed by atoms with van der Waals surface area (Å²) in [5.41, 5.74) is -0.479. The van der Waals surface area contributed by atoms with E-state index in [1.54, 1.807) is 35.1 Å². The fraction of sp³-hybridized carbons (Fsp3) is 0.182. The quantitative estimate of drug-likeness (QED) is 0.376. The van der Waals surface area contributed by atoms with Crippen molar-refractivity contribution in [2.24, 2.45) is 0 Å². The molecular weight excluding hydrogens is 428 g/mol. The Balaban J connectivity index is 1.78. The number of thiazole rings is 1. The van der Waals surface area contributed by atoms with E-state index >= 15 is 0 Å². The molecule has 6 heterocycles. The van der Waals surface area contributed by atoms with Crippen molar-refractivity contribution in [1.29, 1.82) is 0 Å². The van der Waals surface area contributed by atoms with Crippen molar-refractivity contribution in [2.75, 3.05) is 18.0 Å². The largest absolute Gasteiger partial charge is 0.467 e. The number of anilines is 1. The molecule has 2 unspecified atom stereocenters. The standard InChI is InChI=1S/C22H20N6OS2/c1-4-16(23-7-1)22(18-6-3-14-30-18)21(17-5-2-13-29-17,19-24-11-15-31-19)27-10-12-28(22)20-25-8-9-26-20/h1-9,11,13-15,23,27H,10,12H2,(H,25,26). The van der Waals surface area contributed by atoms with Gasteiger partial charge in [-0.15, -0.1) is 22.7 Å². The van der Waals surface area contributed by atoms with E-state index in [4.69, 9.17) is 9.40 Å². The summed E-state index contributed by atoms with van der Waals surface area (Å²) < 4.78 is 6.15. The normalized spacial score (nSPS) is 23.9. The number of aromatic nitrogens is 4. The first-order valence-corrected chi connectivity index (χ1v) is 11.8. The average Bonchev–Trinajstić information content (AvgIpc) is 3.66. The molecule has 0 saturated carbocycles. The lowest BCUT2D eigenvalue weighted by atomic mass is 9.69. The number of imidazole rings is 1. The van der Waals surface area contributed by atoms with Crippen LogP contribution in [0.1, 0.15) is 21.3 Å². The third-order valence-corrected chi connectivity index (χ3v) is 7.79. The van der Waals surface area contributed by atoms with Crippen LogP contribution in [0.3, 0.4) is 0 Å². The van der Waals surface area contributed by atoms with Crippen molar-refractivity contribution in [3.05, 3.63) is 99.5 Å². The molecule has 0 aromatic carbocycles. The summed E-state index contributed by atoms with van der Waals surface area (Å²) >= 11 is 3.34. The molecule has 7 nitrogen and oxygen atoms in total. The number of H-pyrrole nitrogens is 2. The summed E-state index contributed by atoms with van der Waals surface area (Å²) in [6.07, 6.45) is 9.21. The maximum atomic E-state index is 6.15. The van der Waals surface area contributed by atoms with Gasteiger partial charge in [-0.2, -0.15) is 0 Å². The lowest BCUT2D eigenvalue weighted by Crippen LogP contribution is -2.72. The minimum atomic E-state index is -0.786. The Kier molecular flexibility index (Phi) is 4.34. The van der Waals surface area contributed by atoms with Gasteiger partial charge in [-0.3, -0.25) is 5.32 Å². The van der Waals surface area contributed by atoms with Crippen LogP contribution < -0.4 is 10.2 Å². The van der Waals surface area contributed by atoms with Crippen molar-refractivity contribution in [3.8, 4) is 0 Å². The number of rotatable bonds is 5. The lowest BCUT2D eigenvalue weighted by Gasteiger charge is -2.56. The van der Waals surface area contributed by atoms with Crippen LogP contribution in [0.25, 0.3) is 0 Å². The van der Waals surface area contributed by atoms with Gasteiger partial charge in [0.1, 0.15) is 16.3 Å². The van der Waals surface area contributed by atoms with E-state index in [9.17, 15) is 0 Å². The lowest BCUT2D eigenvalue weighted by molar-refractivity contribution is 0.168. The number of hydrogen-bond donors (Lipinski definition) is 3. The zero-order chi connectivity index (χ0) is 20.7. The van der Waals surface area contributed by atoms with Gasteiger partial charge in [0.05, 0.1) is 6.26 Å². The second kappa shape index (κ2) is 7.23. The molecule has 1 fully saturated rings. The van der Waals surface area contributed by atoms with Gasteiger partial charge in [0.2, 0.25) is 5.95 Å². The van der Waals surface area contributed by atoms with Crippen molar-refractivity contribution in [2.45, 2.75) is 11.1 Å². The van der Waals surface area contributed by atoms with Crippen molar-refractivity contribution in [3.63, 3.8) is 0 Å². The van der Waals surface area contributed by atoms with E-state index in [1.807, 2.05) is 42.2 Å². The number of hydrogen-bond acceptors (Lipinski definition) is 7. The zero-order valence-corrected chi connectivity index (χ0v) is 18.1. The van der Waals surface area contributed by atoms with E-state index in [1.165, 1.54) is 0 Å². The molecule has 2 atom stereocenters. The van der Waals surface area contributed by atoms with E-state index in [2.05, 4.69) is 48.7 Å². The Morgan fingerprint density at radius 3 is 2.65 bits per heavy atom. The van der Waals surface area contributed by atoms with Crippen molar-refractivity contribution < 1.29 is 4.42 Å². The third-order valence-electron chi connectivity index (χ3n) is 5.92. The number of thiophene rings is 1. The highest BCUT2D eigenvalue weighted by atomic mass is 32.1. The molecule has 5 aromatic rings. The van der Waals surface area contributed by atoms with Gasteiger partial charge in [0, 0.05) is 53.8 Å². The molecule has 0 aliphatic carbocycles. The third kappa shape index (κ3) is 2.48. The fourth-order valence-electron chi connectivity index (χ4n) is 4.86. The smallest absolute Gasteiger partial charge is 0.203 e. The molecule has 3 N–H and O–H groups in total. The maximum absolute atomic E-state index is 6.15. The minimum Gasteiger partial charge on any atom is -0.467 e. The maximum Gasteiger partial charge on any atom is 0.203 e. The molecule has 156 valence electrons. The van der Waals surface area contributed by atoms with Gasteiger partial charge in [-0.05, 0) is 35.7 Å². The topological polar surface area (TPSA) is 85.8 Å². The van der Waals surface area contributed by atoms with Gasteiger partial charge in [-0.25, -0.2) is 9.97 Å². The Hall–Kier alpha value is -3.14. The summed E-state index contributed by atoms with van der Waals surface area (Å²) in [5, 5.41) is 8.92. The fourth-order valence-corrected chi connectivity index (χ4v) is 6.74. The SMILES string of the molecule is c1c[nH]c(C2(c3cccs3)N(c3ncc[nH]3)CCNC2(c2ccco2)c2nccs2)c1. The summed E-state index contributed by atoms with van der Waals surface area (Å²) in [7, 11) is 0. The predicted molar refractivity (Wildman–Crippen MR) is 121 cm³/mol. The first kappa shape index (κ1) is 18.6. The van der Waals surface area contributed by atoms with Crippen LogP contribution in [0, 0.1) is 0 Å². The molecule has 9 heteroatoms. The molecule has 0 amide bonds. The van der Waals surface area contributed by atoms with E-state index < -0.39 is 11.1 Å². The molecule has 0 bridgehead atoms. The van der Waals surface area contributed by atoms with Gasteiger partial charge in [0.25, 0.3) is 0 Å². The summed E-state index contributed by atoms with van der Waals surface area (Å²) in [6, 6.07) is 12.4. The minimum absolute atomic E-state index is 0.726. The molecule has 0 spiro atoms. The predicted octanol–water partition coefficient (Wildman–Crippen LogP) is 4.15. The Morgan fingerprint density at radius 2 is 1.97 bits per heavy atom. The highest BCUT2D eigenvalue weighted by Gasteiger charge is 2.65. The highest BCUT2D eigenvalue weighted by Crippen LogP contribution is 2.56. The van der Waals surface area contributed by atoms with Crippen LogP contribution in [0.2, 0.25) is 0 Å². The van der Waals surface area contributed by atoms with Crippen LogP contribution >= 0.6 is 22.7 Å². The van der Waals surface area contributed by atoms with Crippen LogP contribution in [-0.4, -0.2) is 33.0 Å². The Morgan fingerprint density at radius 1 is 0.968 bits per heavy atom. The van der Waals surface area contributed by atoms with E-state index in [-0.39, 0.29) is 0 Å². The molecular formula is C22H20N6OS2. The van der Waals surface area contributed by atoms with Crippen molar-refractivity contribution >= 4 is 28.6 Å². The number of furan rings is 1. The Bertz CT molecular complexity index is 1140. The van der Waals surface area contributed by atoms with Gasteiger partial charge >= 0.3 is 0 Å². The number of nitrogens with one attached hydrogen (secondary N) is 3. The molecule has 0 radical (unpaired) electrons. The highest BCUT2D eigenvalue weighted by molar-refractivity contribution is 7.10. The van der Waals surface area contributed by atoms with Crippen LogP contribution in [0.4, 0.5) is 5.95 Å². The number of aromatic amines is 2. The molecule has 5 aromatic heterocycles. The first-order valence-electron chi connectivity index (χ1n) is 10.0. The average molecular weight is 449 g/mol. The number of nitrogens with zero attached hydrogens (tertiary/aromatic N) is 3. The monoisotopic (exact) mass is 448 g/mol. The van der Waals surface area contributed by atoms with Gasteiger partial charge in [-0.1, -0.05) is 6.07 Å². The summed E-state index contributed by atoms with van der Waals surface area (Å²) in [5.74, 6) is 1.61. The van der Waals surface area contributed by atoms with E-state index in [0.29, 0.717) is 0 Å². The van der Waals surface area contributed by atoms with Crippen LogP contribution in [0.15, 0.2) is 82.6 Å². The molecule has 1 aliphatic rings.